The van der Waals surface area contributed by atoms with E-state index in [2.05, 4.69) is 24.1 Å². The summed E-state index contributed by atoms with van der Waals surface area (Å²) in [6.45, 7) is 4.58. The van der Waals surface area contributed by atoms with Gasteiger partial charge >= 0.3 is 0 Å². The van der Waals surface area contributed by atoms with Crippen molar-refractivity contribution in [3.05, 3.63) is 88.3 Å². The first-order valence-electron chi connectivity index (χ1n) is 9.47. The summed E-state index contributed by atoms with van der Waals surface area (Å²) in [4.78, 5) is 16.3. The van der Waals surface area contributed by atoms with Crippen LogP contribution >= 0.6 is 11.6 Å². The molecule has 0 aliphatic heterocycles. The van der Waals surface area contributed by atoms with Crippen LogP contribution in [0.25, 0.3) is 11.0 Å². The fourth-order valence-electron chi connectivity index (χ4n) is 3.17. The van der Waals surface area contributed by atoms with Crippen LogP contribution in [0.1, 0.15) is 53.0 Å². The highest BCUT2D eigenvalue weighted by molar-refractivity contribution is 6.31. The van der Waals surface area contributed by atoms with E-state index in [4.69, 9.17) is 20.4 Å². The molecule has 3 aromatic heterocycles. The van der Waals surface area contributed by atoms with E-state index < -0.39 is 0 Å². The molecule has 0 radical (unpaired) electrons. The molecule has 0 fully saturated rings. The number of benzene rings is 1. The smallest absolute Gasteiger partial charge is 0.287 e. The number of nitrogens with zero attached hydrogens (tertiary/aromatic N) is 1. The van der Waals surface area contributed by atoms with Gasteiger partial charge in [-0.2, -0.15) is 0 Å². The molecule has 0 unspecified atom stereocenters. The van der Waals surface area contributed by atoms with Gasteiger partial charge < -0.3 is 14.2 Å². The van der Waals surface area contributed by atoms with Crippen molar-refractivity contribution >= 4 is 28.5 Å². The van der Waals surface area contributed by atoms with Gasteiger partial charge in [-0.1, -0.05) is 25.4 Å². The molecule has 4 rings (SSSR count). The number of rotatable bonds is 6. The molecule has 0 saturated heterocycles. The van der Waals surface area contributed by atoms with Crippen molar-refractivity contribution in [2.45, 2.75) is 32.7 Å². The standard InChI is InChI=1S/C23H21ClN2O3/c1-14(2)21-12-17-10-18(24)9-16(22(17)29-21)11-19-3-4-20(28-19)23(27)26-13-15-5-7-25-8-6-15/h3-10,12,14H,11,13H2,1-2H3,(H,26,27). The number of nitrogens with one attached hydrogen (secondary N) is 1. The van der Waals surface area contributed by atoms with Crippen molar-refractivity contribution in [2.75, 3.05) is 0 Å². The van der Waals surface area contributed by atoms with Gasteiger partial charge in [0.05, 0.1) is 0 Å². The zero-order valence-electron chi connectivity index (χ0n) is 16.2. The zero-order valence-corrected chi connectivity index (χ0v) is 17.0. The molecule has 0 atom stereocenters. The molecule has 1 aromatic carbocycles. The van der Waals surface area contributed by atoms with Crippen molar-refractivity contribution in [3.63, 3.8) is 0 Å². The number of hydrogen-bond donors (Lipinski definition) is 1. The highest BCUT2D eigenvalue weighted by atomic mass is 35.5. The minimum Gasteiger partial charge on any atom is -0.461 e. The zero-order chi connectivity index (χ0) is 20.4. The van der Waals surface area contributed by atoms with Gasteiger partial charge in [-0.15, -0.1) is 0 Å². The molecule has 3 heterocycles. The van der Waals surface area contributed by atoms with E-state index in [-0.39, 0.29) is 17.6 Å². The molecule has 0 saturated carbocycles. The van der Waals surface area contributed by atoms with Crippen LogP contribution < -0.4 is 5.32 Å². The van der Waals surface area contributed by atoms with E-state index >= 15 is 0 Å². The quantitative estimate of drug-likeness (QED) is 0.443. The summed E-state index contributed by atoms with van der Waals surface area (Å²) in [7, 11) is 0. The van der Waals surface area contributed by atoms with E-state index in [1.807, 2.05) is 30.3 Å². The second kappa shape index (κ2) is 8.13. The van der Waals surface area contributed by atoms with Crippen molar-refractivity contribution in [1.29, 1.82) is 0 Å². The molecule has 5 nitrogen and oxygen atoms in total. The number of carbonyl (C=O) groups is 1. The lowest BCUT2D eigenvalue weighted by Crippen LogP contribution is -2.22. The Hall–Kier alpha value is -3.05. The first-order valence-corrected chi connectivity index (χ1v) is 9.85. The highest BCUT2D eigenvalue weighted by Gasteiger charge is 2.16. The average Bonchev–Trinajstić information content (AvgIpc) is 3.34. The highest BCUT2D eigenvalue weighted by Crippen LogP contribution is 2.31. The number of carbonyl (C=O) groups excluding carboxylic acids is 1. The fourth-order valence-corrected chi connectivity index (χ4v) is 3.42. The maximum absolute atomic E-state index is 12.4. The van der Waals surface area contributed by atoms with E-state index in [1.54, 1.807) is 24.5 Å². The second-order valence-corrected chi connectivity index (χ2v) is 7.70. The average molecular weight is 409 g/mol. The minimum absolute atomic E-state index is 0.260. The SMILES string of the molecule is CC(C)c1cc2cc(Cl)cc(Cc3ccc(C(=O)NCc4ccncc4)o3)c2o1. The maximum Gasteiger partial charge on any atom is 0.287 e. The largest absolute Gasteiger partial charge is 0.461 e. The van der Waals surface area contributed by atoms with Crippen LogP contribution in [0.3, 0.4) is 0 Å². The lowest BCUT2D eigenvalue weighted by Gasteiger charge is -2.04. The Bertz CT molecular complexity index is 1150. The van der Waals surface area contributed by atoms with E-state index in [9.17, 15) is 4.79 Å². The lowest BCUT2D eigenvalue weighted by atomic mass is 10.1. The Labute approximate surface area is 173 Å². The molecule has 0 spiro atoms. The molecule has 0 bridgehead atoms. The van der Waals surface area contributed by atoms with Crippen LogP contribution in [0.4, 0.5) is 0 Å². The Kier molecular flexibility index (Phi) is 5.41. The molecule has 29 heavy (non-hydrogen) atoms. The third kappa shape index (κ3) is 4.35. The van der Waals surface area contributed by atoms with Crippen LogP contribution in [-0.2, 0) is 13.0 Å². The van der Waals surface area contributed by atoms with E-state index in [1.165, 1.54) is 0 Å². The number of amides is 1. The minimum atomic E-state index is -0.260. The Morgan fingerprint density at radius 1 is 1.10 bits per heavy atom. The van der Waals surface area contributed by atoms with E-state index in [0.717, 1.165) is 27.9 Å². The molecule has 1 amide bonds. The van der Waals surface area contributed by atoms with Gasteiger partial charge in [-0.05, 0) is 48.0 Å². The first-order chi connectivity index (χ1) is 14.0. The molecular formula is C23H21ClN2O3. The molecule has 0 aliphatic carbocycles. The number of furan rings is 2. The molecule has 6 heteroatoms. The first kappa shape index (κ1) is 19.3. The second-order valence-electron chi connectivity index (χ2n) is 7.27. The van der Waals surface area contributed by atoms with Crippen LogP contribution in [-0.4, -0.2) is 10.9 Å². The van der Waals surface area contributed by atoms with Crippen molar-refractivity contribution < 1.29 is 13.6 Å². The third-order valence-corrected chi connectivity index (χ3v) is 4.92. The predicted octanol–water partition coefficient (Wildman–Crippen LogP) is 5.72. The van der Waals surface area contributed by atoms with Gasteiger partial charge in [-0.3, -0.25) is 9.78 Å². The predicted molar refractivity (Wildman–Crippen MR) is 112 cm³/mol. The third-order valence-electron chi connectivity index (χ3n) is 4.70. The maximum atomic E-state index is 12.4. The Morgan fingerprint density at radius 2 is 1.90 bits per heavy atom. The number of hydrogen-bond acceptors (Lipinski definition) is 4. The Morgan fingerprint density at radius 3 is 2.66 bits per heavy atom. The summed E-state index contributed by atoms with van der Waals surface area (Å²) in [5, 5.41) is 4.46. The number of aromatic nitrogens is 1. The van der Waals surface area contributed by atoms with Crippen molar-refractivity contribution in [3.8, 4) is 0 Å². The summed E-state index contributed by atoms with van der Waals surface area (Å²) in [5.41, 5.74) is 2.70. The molecule has 148 valence electrons. The van der Waals surface area contributed by atoms with Gasteiger partial charge in [0.2, 0.25) is 0 Å². The van der Waals surface area contributed by atoms with Gasteiger partial charge in [0.25, 0.3) is 5.91 Å². The topological polar surface area (TPSA) is 68.3 Å². The number of fused-ring (bicyclic) bond motifs is 1. The van der Waals surface area contributed by atoms with Crippen molar-refractivity contribution in [2.24, 2.45) is 0 Å². The monoisotopic (exact) mass is 408 g/mol. The normalized spacial score (nSPS) is 11.3. The number of pyridine rings is 1. The van der Waals surface area contributed by atoms with Crippen molar-refractivity contribution in [1.82, 2.24) is 10.3 Å². The van der Waals surface area contributed by atoms with Crippen LogP contribution in [0.5, 0.6) is 0 Å². The molecule has 1 N–H and O–H groups in total. The van der Waals surface area contributed by atoms with Gasteiger partial charge in [0, 0.05) is 47.2 Å². The lowest BCUT2D eigenvalue weighted by molar-refractivity contribution is 0.0921. The molecule has 0 aliphatic rings. The Balaban J connectivity index is 1.51. The van der Waals surface area contributed by atoms with Crippen LogP contribution in [0, 0.1) is 0 Å². The fraction of sp³-hybridized carbons (Fsp3) is 0.217. The van der Waals surface area contributed by atoms with Gasteiger partial charge in [0.1, 0.15) is 17.1 Å². The molecule has 4 aromatic rings. The summed E-state index contributed by atoms with van der Waals surface area (Å²) in [6, 6.07) is 13.0. The summed E-state index contributed by atoms with van der Waals surface area (Å²) in [5.74, 6) is 1.89. The van der Waals surface area contributed by atoms with Crippen LogP contribution in [0.15, 0.2) is 63.7 Å². The van der Waals surface area contributed by atoms with Gasteiger partial charge in [-0.25, -0.2) is 0 Å². The van der Waals surface area contributed by atoms with E-state index in [0.29, 0.717) is 23.7 Å². The number of halogens is 1. The van der Waals surface area contributed by atoms with Crippen LogP contribution in [0.2, 0.25) is 5.02 Å². The summed E-state index contributed by atoms with van der Waals surface area (Å²) >= 11 is 6.29. The summed E-state index contributed by atoms with van der Waals surface area (Å²) in [6.07, 6.45) is 3.87. The summed E-state index contributed by atoms with van der Waals surface area (Å²) < 4.78 is 11.8. The molecular weight excluding hydrogens is 388 g/mol. The van der Waals surface area contributed by atoms with Gasteiger partial charge in [0.15, 0.2) is 5.76 Å².